The zero-order valence-electron chi connectivity index (χ0n) is 13.0. The third-order valence-electron chi connectivity index (χ3n) is 3.73. The highest BCUT2D eigenvalue weighted by atomic mass is 19.1. The van der Waals surface area contributed by atoms with Crippen LogP contribution in [0.3, 0.4) is 0 Å². The number of aliphatic carboxylic acids is 1. The summed E-state index contributed by atoms with van der Waals surface area (Å²) in [6, 6.07) is 7.47. The number of nitrogens with two attached hydrogens (primary N) is 1. The van der Waals surface area contributed by atoms with Crippen LogP contribution in [0.2, 0.25) is 0 Å². The monoisotopic (exact) mass is 342 g/mol. The van der Waals surface area contributed by atoms with Gasteiger partial charge in [-0.25, -0.2) is 14.2 Å². The lowest BCUT2D eigenvalue weighted by atomic mass is 10.1. The number of hydrogen-bond donors (Lipinski definition) is 4. The molecule has 0 spiro atoms. The van der Waals surface area contributed by atoms with E-state index in [1.54, 1.807) is 12.1 Å². The molecule has 0 radical (unpaired) electrons. The van der Waals surface area contributed by atoms with Crippen LogP contribution in [0.15, 0.2) is 42.6 Å². The standard InChI is InChI=1S/C17H15FN4O3/c18-11-3-1-9(2-4-11)5-13(17(24)25)22-16(23)12-6-10-7-15(19)20-8-14(10)21-12/h1-4,6-8,13,21H,5H2,(H2,19,20)(H,22,23)(H,24,25)/t13-/m0/s1. The number of pyridine rings is 1. The first kappa shape index (κ1) is 16.4. The fourth-order valence-electron chi connectivity index (χ4n) is 2.46. The zero-order chi connectivity index (χ0) is 18.0. The van der Waals surface area contributed by atoms with E-state index in [1.165, 1.54) is 30.5 Å². The van der Waals surface area contributed by atoms with Crippen molar-refractivity contribution in [1.82, 2.24) is 15.3 Å². The first-order chi connectivity index (χ1) is 11.9. The maximum Gasteiger partial charge on any atom is 0.326 e. The highest BCUT2D eigenvalue weighted by Crippen LogP contribution is 2.16. The Bertz CT molecular complexity index is 937. The summed E-state index contributed by atoms with van der Waals surface area (Å²) in [5.41, 5.74) is 7.01. The summed E-state index contributed by atoms with van der Waals surface area (Å²) in [6.45, 7) is 0. The average molecular weight is 342 g/mol. The number of carbonyl (C=O) groups excluding carboxylic acids is 1. The molecule has 0 aliphatic heterocycles. The van der Waals surface area contributed by atoms with E-state index in [1.807, 2.05) is 0 Å². The van der Waals surface area contributed by atoms with E-state index in [0.29, 0.717) is 22.3 Å². The number of aromatic amines is 1. The van der Waals surface area contributed by atoms with Crippen molar-refractivity contribution >= 4 is 28.6 Å². The number of H-pyrrole nitrogens is 1. The molecule has 0 aliphatic carbocycles. The van der Waals surface area contributed by atoms with Crippen LogP contribution in [0.4, 0.5) is 10.2 Å². The van der Waals surface area contributed by atoms with Crippen molar-refractivity contribution < 1.29 is 19.1 Å². The van der Waals surface area contributed by atoms with Crippen LogP contribution in [0.5, 0.6) is 0 Å². The Balaban J connectivity index is 1.77. The molecule has 3 rings (SSSR count). The number of nitrogen functional groups attached to an aromatic ring is 1. The number of hydrogen-bond acceptors (Lipinski definition) is 4. The van der Waals surface area contributed by atoms with Crippen LogP contribution in [-0.4, -0.2) is 33.0 Å². The van der Waals surface area contributed by atoms with Crippen LogP contribution < -0.4 is 11.1 Å². The molecule has 2 heterocycles. The van der Waals surface area contributed by atoms with Crippen molar-refractivity contribution in [3.8, 4) is 0 Å². The second-order valence-corrected chi connectivity index (χ2v) is 5.57. The molecule has 128 valence electrons. The van der Waals surface area contributed by atoms with Crippen LogP contribution in [0.25, 0.3) is 10.9 Å². The van der Waals surface area contributed by atoms with Crippen molar-refractivity contribution in [2.24, 2.45) is 0 Å². The maximum atomic E-state index is 12.9. The highest BCUT2D eigenvalue weighted by molar-refractivity contribution is 5.99. The molecule has 5 N–H and O–H groups in total. The predicted molar refractivity (Wildman–Crippen MR) is 89.5 cm³/mol. The van der Waals surface area contributed by atoms with Gasteiger partial charge in [-0.15, -0.1) is 0 Å². The molecule has 0 saturated carbocycles. The fraction of sp³-hybridized carbons (Fsp3) is 0.118. The minimum absolute atomic E-state index is 0.0378. The normalized spacial score (nSPS) is 12.0. The van der Waals surface area contributed by atoms with Crippen molar-refractivity contribution in [2.45, 2.75) is 12.5 Å². The summed E-state index contributed by atoms with van der Waals surface area (Å²) in [7, 11) is 0. The van der Waals surface area contributed by atoms with Gasteiger partial charge in [0, 0.05) is 11.8 Å². The average Bonchev–Trinajstić information content (AvgIpc) is 2.99. The molecule has 0 bridgehead atoms. The van der Waals surface area contributed by atoms with Crippen LogP contribution >= 0.6 is 0 Å². The molecule has 3 aromatic rings. The Morgan fingerprint density at radius 2 is 2.00 bits per heavy atom. The molecule has 0 fully saturated rings. The van der Waals surface area contributed by atoms with E-state index in [2.05, 4.69) is 15.3 Å². The molecule has 0 saturated heterocycles. The van der Waals surface area contributed by atoms with Gasteiger partial charge in [-0.2, -0.15) is 0 Å². The molecular weight excluding hydrogens is 327 g/mol. The number of nitrogens with zero attached hydrogens (tertiary/aromatic N) is 1. The fourth-order valence-corrected chi connectivity index (χ4v) is 2.46. The van der Waals surface area contributed by atoms with Gasteiger partial charge in [0.05, 0.1) is 11.7 Å². The first-order valence-electron chi connectivity index (χ1n) is 7.45. The summed E-state index contributed by atoms with van der Waals surface area (Å²) >= 11 is 0. The number of fused-ring (bicyclic) bond motifs is 1. The summed E-state index contributed by atoms with van der Waals surface area (Å²) in [4.78, 5) is 30.6. The molecule has 7 nitrogen and oxygen atoms in total. The molecule has 1 atom stereocenters. The van der Waals surface area contributed by atoms with Crippen molar-refractivity contribution in [3.63, 3.8) is 0 Å². The van der Waals surface area contributed by atoms with Gasteiger partial charge < -0.3 is 21.1 Å². The van der Waals surface area contributed by atoms with Gasteiger partial charge >= 0.3 is 5.97 Å². The number of amides is 1. The second kappa shape index (κ2) is 6.60. The van der Waals surface area contributed by atoms with Gasteiger partial charge in [-0.05, 0) is 29.8 Å². The SMILES string of the molecule is Nc1cc2cc(C(=O)N[C@@H](Cc3ccc(F)cc3)C(=O)O)[nH]c2cn1. The molecule has 1 amide bonds. The Morgan fingerprint density at radius 3 is 2.68 bits per heavy atom. The lowest BCUT2D eigenvalue weighted by Crippen LogP contribution is -2.42. The number of carboxylic acids is 1. The Morgan fingerprint density at radius 1 is 1.28 bits per heavy atom. The molecule has 0 unspecified atom stereocenters. The van der Waals surface area contributed by atoms with Crippen molar-refractivity contribution in [1.29, 1.82) is 0 Å². The minimum atomic E-state index is -1.18. The Kier molecular flexibility index (Phi) is 4.34. The molecule has 2 aromatic heterocycles. The zero-order valence-corrected chi connectivity index (χ0v) is 13.0. The number of halogens is 1. The van der Waals surface area contributed by atoms with Gasteiger partial charge in [-0.3, -0.25) is 4.79 Å². The third kappa shape index (κ3) is 3.74. The maximum absolute atomic E-state index is 12.9. The van der Waals surface area contributed by atoms with E-state index >= 15 is 0 Å². The number of nitrogens with one attached hydrogen (secondary N) is 2. The van der Waals surface area contributed by atoms with Crippen molar-refractivity contribution in [2.75, 3.05) is 5.73 Å². The molecule has 0 aliphatic rings. The lowest BCUT2D eigenvalue weighted by Gasteiger charge is -2.14. The lowest BCUT2D eigenvalue weighted by molar-refractivity contribution is -0.139. The minimum Gasteiger partial charge on any atom is -0.480 e. The van der Waals surface area contributed by atoms with Gasteiger partial charge in [0.15, 0.2) is 0 Å². The van der Waals surface area contributed by atoms with E-state index < -0.39 is 23.7 Å². The van der Waals surface area contributed by atoms with Crippen LogP contribution in [0, 0.1) is 5.82 Å². The summed E-state index contributed by atoms with van der Waals surface area (Å²) in [5.74, 6) is -1.84. The second-order valence-electron chi connectivity index (χ2n) is 5.57. The molecule has 1 aromatic carbocycles. The van der Waals surface area contributed by atoms with E-state index in [4.69, 9.17) is 5.73 Å². The van der Waals surface area contributed by atoms with Crippen LogP contribution in [0.1, 0.15) is 16.1 Å². The highest BCUT2D eigenvalue weighted by Gasteiger charge is 2.22. The van der Waals surface area contributed by atoms with E-state index in [-0.39, 0.29) is 12.1 Å². The predicted octanol–water partition coefficient (Wildman–Crippen LogP) is 1.71. The van der Waals surface area contributed by atoms with Gasteiger partial charge in [0.1, 0.15) is 23.4 Å². The number of aromatic nitrogens is 2. The summed E-state index contributed by atoms with van der Waals surface area (Å²) in [5, 5.41) is 12.5. The number of benzene rings is 1. The quantitative estimate of drug-likeness (QED) is 0.562. The summed E-state index contributed by atoms with van der Waals surface area (Å²) < 4.78 is 12.9. The Labute approximate surface area is 141 Å². The van der Waals surface area contributed by atoms with Gasteiger partial charge in [-0.1, -0.05) is 12.1 Å². The Hall–Kier alpha value is -3.42. The molecule has 8 heteroatoms. The smallest absolute Gasteiger partial charge is 0.326 e. The summed E-state index contributed by atoms with van der Waals surface area (Å²) in [6.07, 6.45) is 1.53. The van der Waals surface area contributed by atoms with E-state index in [0.717, 1.165) is 0 Å². The molecular formula is C17H15FN4O3. The topological polar surface area (TPSA) is 121 Å². The van der Waals surface area contributed by atoms with Gasteiger partial charge in [0.2, 0.25) is 0 Å². The van der Waals surface area contributed by atoms with Crippen molar-refractivity contribution in [3.05, 3.63) is 59.7 Å². The number of carbonyl (C=O) groups is 2. The molecule has 25 heavy (non-hydrogen) atoms. The number of carboxylic acid groups (broad SMARTS) is 1. The number of rotatable bonds is 5. The first-order valence-corrected chi connectivity index (χ1v) is 7.45. The third-order valence-corrected chi connectivity index (χ3v) is 3.73. The largest absolute Gasteiger partial charge is 0.480 e. The van der Waals surface area contributed by atoms with E-state index in [9.17, 15) is 19.1 Å². The van der Waals surface area contributed by atoms with Crippen LogP contribution in [-0.2, 0) is 11.2 Å². The number of anilines is 1. The van der Waals surface area contributed by atoms with Gasteiger partial charge in [0.25, 0.3) is 5.91 Å².